The average molecular weight is 232 g/mol. The van der Waals surface area contributed by atoms with Crippen molar-refractivity contribution < 1.29 is 5.11 Å². The zero-order chi connectivity index (χ0) is 12.1. The van der Waals surface area contributed by atoms with Crippen molar-refractivity contribution in [1.29, 1.82) is 0 Å². The Balaban J connectivity index is 2.19. The van der Waals surface area contributed by atoms with Gasteiger partial charge in [0.2, 0.25) is 0 Å². The number of nitrogens with one attached hydrogen (secondary N) is 1. The van der Waals surface area contributed by atoms with Crippen LogP contribution in [0.15, 0.2) is 30.5 Å². The largest absolute Gasteiger partial charge is 0.396 e. The van der Waals surface area contributed by atoms with Gasteiger partial charge in [-0.15, -0.1) is 0 Å². The molecule has 3 heteroatoms. The van der Waals surface area contributed by atoms with E-state index in [-0.39, 0.29) is 6.61 Å². The molecule has 0 aliphatic rings. The quantitative estimate of drug-likeness (QED) is 0.800. The summed E-state index contributed by atoms with van der Waals surface area (Å²) in [5.74, 6) is 0. The van der Waals surface area contributed by atoms with Gasteiger partial charge in [0.25, 0.3) is 0 Å². The van der Waals surface area contributed by atoms with Crippen LogP contribution in [-0.4, -0.2) is 22.8 Å². The zero-order valence-electron chi connectivity index (χ0n) is 10.3. The number of hydrogen-bond donors (Lipinski definition) is 2. The van der Waals surface area contributed by atoms with Crippen molar-refractivity contribution in [3.05, 3.63) is 36.0 Å². The number of aliphatic hydroxyl groups is 1. The molecule has 0 radical (unpaired) electrons. The minimum absolute atomic E-state index is 0.248. The summed E-state index contributed by atoms with van der Waals surface area (Å²) in [6, 6.07) is 8.70. The molecule has 3 nitrogen and oxygen atoms in total. The molecule has 0 saturated heterocycles. The summed E-state index contributed by atoms with van der Waals surface area (Å²) in [4.78, 5) is 0. The van der Waals surface area contributed by atoms with Gasteiger partial charge in [0.05, 0.1) is 0 Å². The van der Waals surface area contributed by atoms with Crippen LogP contribution in [0.3, 0.4) is 0 Å². The topological polar surface area (TPSA) is 37.2 Å². The van der Waals surface area contributed by atoms with Gasteiger partial charge in [-0.3, -0.25) is 0 Å². The fraction of sp³-hybridized carbons (Fsp3) is 0.429. The number of nitrogens with zero attached hydrogens (tertiary/aromatic N) is 1. The van der Waals surface area contributed by atoms with E-state index >= 15 is 0 Å². The average Bonchev–Trinajstić information content (AvgIpc) is 2.76. The summed E-state index contributed by atoms with van der Waals surface area (Å²) in [6.07, 6.45) is 2.90. The molecule has 2 N–H and O–H groups in total. The van der Waals surface area contributed by atoms with Crippen LogP contribution in [0.4, 0.5) is 0 Å². The maximum absolute atomic E-state index is 8.86. The lowest BCUT2D eigenvalue weighted by Gasteiger charge is -2.05. The van der Waals surface area contributed by atoms with E-state index in [4.69, 9.17) is 5.11 Å². The fourth-order valence-corrected chi connectivity index (χ4v) is 2.06. The van der Waals surface area contributed by atoms with Crippen molar-refractivity contribution in [1.82, 2.24) is 9.88 Å². The first-order valence-corrected chi connectivity index (χ1v) is 6.24. The molecule has 1 heterocycles. The maximum Gasteiger partial charge on any atom is 0.0480 e. The number of aromatic nitrogens is 1. The summed E-state index contributed by atoms with van der Waals surface area (Å²) >= 11 is 0. The van der Waals surface area contributed by atoms with Crippen molar-refractivity contribution in [2.45, 2.75) is 26.4 Å². The van der Waals surface area contributed by atoms with Crippen molar-refractivity contribution in [2.24, 2.45) is 0 Å². The molecule has 2 rings (SSSR count). The van der Waals surface area contributed by atoms with Crippen LogP contribution in [-0.2, 0) is 13.1 Å². The van der Waals surface area contributed by atoms with Crippen LogP contribution in [0.5, 0.6) is 0 Å². The standard InChI is InChI=1S/C14H20N2O/c1-2-15-11-12-4-5-14-13(10-12)6-8-16(14)7-3-9-17/h4-6,8,10,15,17H,2-3,7,9,11H2,1H3. The molecular formula is C14H20N2O. The SMILES string of the molecule is CCNCc1ccc2c(ccn2CCCO)c1. The van der Waals surface area contributed by atoms with Crippen LogP contribution in [0.25, 0.3) is 10.9 Å². The van der Waals surface area contributed by atoms with Gasteiger partial charge in [0.1, 0.15) is 0 Å². The van der Waals surface area contributed by atoms with Gasteiger partial charge < -0.3 is 15.0 Å². The van der Waals surface area contributed by atoms with Crippen LogP contribution in [0, 0.1) is 0 Å². The van der Waals surface area contributed by atoms with Crippen LogP contribution in [0.1, 0.15) is 18.9 Å². The van der Waals surface area contributed by atoms with Crippen LogP contribution < -0.4 is 5.32 Å². The molecule has 92 valence electrons. The number of fused-ring (bicyclic) bond motifs is 1. The normalized spacial score (nSPS) is 11.2. The Kier molecular flexibility index (Phi) is 4.18. The van der Waals surface area contributed by atoms with Crippen LogP contribution >= 0.6 is 0 Å². The monoisotopic (exact) mass is 232 g/mol. The third kappa shape index (κ3) is 2.87. The van der Waals surface area contributed by atoms with Crippen LogP contribution in [0.2, 0.25) is 0 Å². The molecule has 0 aliphatic carbocycles. The molecule has 0 unspecified atom stereocenters. The van der Waals surface area contributed by atoms with E-state index in [2.05, 4.69) is 47.3 Å². The van der Waals surface area contributed by atoms with Gasteiger partial charge in [-0.25, -0.2) is 0 Å². The second kappa shape index (κ2) is 5.84. The number of benzene rings is 1. The van der Waals surface area contributed by atoms with Gasteiger partial charge >= 0.3 is 0 Å². The molecular weight excluding hydrogens is 212 g/mol. The maximum atomic E-state index is 8.86. The number of aryl methyl sites for hydroxylation is 1. The lowest BCUT2D eigenvalue weighted by atomic mass is 10.1. The zero-order valence-corrected chi connectivity index (χ0v) is 10.3. The molecule has 0 aliphatic heterocycles. The first-order valence-electron chi connectivity index (χ1n) is 6.24. The molecule has 0 atom stereocenters. The molecule has 2 aromatic rings. The van der Waals surface area contributed by atoms with E-state index in [1.54, 1.807) is 0 Å². The third-order valence-corrected chi connectivity index (χ3v) is 2.97. The highest BCUT2D eigenvalue weighted by Crippen LogP contribution is 2.18. The Bertz CT molecular complexity index is 476. The fourth-order valence-electron chi connectivity index (χ4n) is 2.06. The summed E-state index contributed by atoms with van der Waals surface area (Å²) in [5.41, 5.74) is 2.57. The molecule has 0 amide bonds. The van der Waals surface area contributed by atoms with E-state index in [9.17, 15) is 0 Å². The number of aliphatic hydroxyl groups excluding tert-OH is 1. The highest BCUT2D eigenvalue weighted by atomic mass is 16.3. The van der Waals surface area contributed by atoms with Gasteiger partial charge in [-0.1, -0.05) is 13.0 Å². The van der Waals surface area contributed by atoms with E-state index in [0.717, 1.165) is 26.1 Å². The Morgan fingerprint density at radius 2 is 2.18 bits per heavy atom. The van der Waals surface area contributed by atoms with E-state index in [0.29, 0.717) is 0 Å². The van der Waals surface area contributed by atoms with Crippen molar-refractivity contribution in [2.75, 3.05) is 13.2 Å². The van der Waals surface area contributed by atoms with E-state index < -0.39 is 0 Å². The second-order valence-corrected chi connectivity index (χ2v) is 4.26. The first-order chi connectivity index (χ1) is 8.35. The third-order valence-electron chi connectivity index (χ3n) is 2.97. The lowest BCUT2D eigenvalue weighted by molar-refractivity contribution is 0.280. The number of rotatable bonds is 6. The second-order valence-electron chi connectivity index (χ2n) is 4.26. The summed E-state index contributed by atoms with van der Waals surface area (Å²) < 4.78 is 2.20. The molecule has 1 aromatic carbocycles. The number of hydrogen-bond acceptors (Lipinski definition) is 2. The predicted octanol–water partition coefficient (Wildman–Crippen LogP) is 2.13. The minimum Gasteiger partial charge on any atom is -0.396 e. The predicted molar refractivity (Wildman–Crippen MR) is 71.0 cm³/mol. The van der Waals surface area contributed by atoms with Gasteiger partial charge in [-0.2, -0.15) is 0 Å². The summed E-state index contributed by atoms with van der Waals surface area (Å²) in [6.45, 7) is 5.17. The van der Waals surface area contributed by atoms with Gasteiger partial charge in [0, 0.05) is 31.4 Å². The van der Waals surface area contributed by atoms with Crippen molar-refractivity contribution in [3.63, 3.8) is 0 Å². The molecule has 17 heavy (non-hydrogen) atoms. The Morgan fingerprint density at radius 3 is 2.94 bits per heavy atom. The smallest absolute Gasteiger partial charge is 0.0480 e. The summed E-state index contributed by atoms with van der Waals surface area (Å²) in [5, 5.41) is 13.5. The Labute approximate surface area is 102 Å². The highest BCUT2D eigenvalue weighted by molar-refractivity contribution is 5.80. The molecule has 0 fully saturated rings. The van der Waals surface area contributed by atoms with Crippen molar-refractivity contribution >= 4 is 10.9 Å². The Morgan fingerprint density at radius 1 is 1.29 bits per heavy atom. The minimum atomic E-state index is 0.248. The van der Waals surface area contributed by atoms with E-state index in [1.807, 2.05) is 0 Å². The molecule has 0 bridgehead atoms. The van der Waals surface area contributed by atoms with E-state index in [1.165, 1.54) is 16.5 Å². The lowest BCUT2D eigenvalue weighted by Crippen LogP contribution is -2.11. The highest BCUT2D eigenvalue weighted by Gasteiger charge is 2.01. The molecule has 0 spiro atoms. The van der Waals surface area contributed by atoms with Gasteiger partial charge in [0.15, 0.2) is 0 Å². The van der Waals surface area contributed by atoms with Crippen molar-refractivity contribution in [3.8, 4) is 0 Å². The summed E-state index contributed by atoms with van der Waals surface area (Å²) in [7, 11) is 0. The van der Waals surface area contributed by atoms with Gasteiger partial charge in [-0.05, 0) is 42.1 Å². The molecule has 1 aromatic heterocycles. The Hall–Kier alpha value is -1.32. The first kappa shape index (κ1) is 12.1. The molecule has 0 saturated carbocycles.